The number of hydrogen-bond acceptors (Lipinski definition) is 6. The first kappa shape index (κ1) is 18.6. The van der Waals surface area contributed by atoms with Crippen LogP contribution < -0.4 is 5.69 Å². The SMILES string of the molecule is CC(C)(C)OC(=O)Cn1nc2ccc(S(=O)(=O)N3CCCC3)cn2c1=O. The Hall–Kier alpha value is -2.20. The quantitative estimate of drug-likeness (QED) is 0.718. The summed E-state index contributed by atoms with van der Waals surface area (Å²) in [5.41, 5.74) is -1.00. The van der Waals surface area contributed by atoms with Gasteiger partial charge in [-0.2, -0.15) is 4.31 Å². The molecule has 9 nitrogen and oxygen atoms in total. The molecule has 0 aromatic carbocycles. The molecule has 1 aliphatic heterocycles. The van der Waals surface area contributed by atoms with E-state index in [9.17, 15) is 18.0 Å². The molecule has 0 saturated carbocycles. The lowest BCUT2D eigenvalue weighted by Crippen LogP contribution is -2.31. The van der Waals surface area contributed by atoms with Crippen molar-refractivity contribution in [2.75, 3.05) is 13.1 Å². The zero-order valence-electron chi connectivity index (χ0n) is 15.0. The van der Waals surface area contributed by atoms with E-state index in [1.807, 2.05) is 0 Å². The number of nitrogens with zero attached hydrogens (tertiary/aromatic N) is 4. The second kappa shape index (κ2) is 6.51. The molecule has 0 bridgehead atoms. The van der Waals surface area contributed by atoms with Gasteiger partial charge in [-0.1, -0.05) is 0 Å². The molecule has 0 aliphatic carbocycles. The van der Waals surface area contributed by atoms with Gasteiger partial charge in [0.2, 0.25) is 10.0 Å². The fourth-order valence-corrected chi connectivity index (χ4v) is 4.34. The van der Waals surface area contributed by atoms with Crippen molar-refractivity contribution < 1.29 is 17.9 Å². The fraction of sp³-hybridized carbons (Fsp3) is 0.562. The largest absolute Gasteiger partial charge is 0.459 e. The lowest BCUT2D eigenvalue weighted by atomic mass is 10.2. The molecular formula is C16H22N4O5S. The summed E-state index contributed by atoms with van der Waals surface area (Å²) in [6.45, 7) is 5.80. The van der Waals surface area contributed by atoms with E-state index >= 15 is 0 Å². The molecule has 26 heavy (non-hydrogen) atoms. The number of carbonyl (C=O) groups excluding carboxylic acids is 1. The predicted molar refractivity (Wildman–Crippen MR) is 93.3 cm³/mol. The van der Waals surface area contributed by atoms with Gasteiger partial charge in [0.05, 0.1) is 4.90 Å². The minimum absolute atomic E-state index is 0.0332. The molecule has 0 radical (unpaired) electrons. The van der Waals surface area contributed by atoms with Gasteiger partial charge < -0.3 is 4.74 Å². The Labute approximate surface area is 151 Å². The number of sulfonamides is 1. The Bertz CT molecular complexity index is 994. The van der Waals surface area contributed by atoms with Crippen molar-refractivity contribution >= 4 is 21.6 Å². The van der Waals surface area contributed by atoms with E-state index in [0.29, 0.717) is 13.1 Å². The lowest BCUT2D eigenvalue weighted by Gasteiger charge is -2.19. The zero-order valence-corrected chi connectivity index (χ0v) is 15.8. The van der Waals surface area contributed by atoms with Gasteiger partial charge in [-0.05, 0) is 45.7 Å². The topological polar surface area (TPSA) is 103 Å². The van der Waals surface area contributed by atoms with Gasteiger partial charge in [0.1, 0.15) is 12.1 Å². The van der Waals surface area contributed by atoms with Crippen molar-refractivity contribution in [2.24, 2.45) is 0 Å². The Morgan fingerprint density at radius 2 is 1.88 bits per heavy atom. The summed E-state index contributed by atoms with van der Waals surface area (Å²) in [4.78, 5) is 24.4. The second-order valence-electron chi connectivity index (χ2n) is 7.23. The smallest absolute Gasteiger partial charge is 0.350 e. The van der Waals surface area contributed by atoms with Crippen LogP contribution in [0.1, 0.15) is 33.6 Å². The van der Waals surface area contributed by atoms with Crippen LogP contribution in [0.15, 0.2) is 28.0 Å². The lowest BCUT2D eigenvalue weighted by molar-refractivity contribution is -0.155. The highest BCUT2D eigenvalue weighted by atomic mass is 32.2. The highest BCUT2D eigenvalue weighted by molar-refractivity contribution is 7.89. The van der Waals surface area contributed by atoms with E-state index in [-0.39, 0.29) is 17.1 Å². The monoisotopic (exact) mass is 382 g/mol. The molecule has 10 heteroatoms. The Kier molecular flexibility index (Phi) is 4.65. The van der Waals surface area contributed by atoms with Crippen molar-refractivity contribution in [3.05, 3.63) is 28.8 Å². The molecule has 142 valence electrons. The van der Waals surface area contributed by atoms with Crippen LogP contribution in [0, 0.1) is 0 Å². The summed E-state index contributed by atoms with van der Waals surface area (Å²) in [7, 11) is -3.64. The fourth-order valence-electron chi connectivity index (χ4n) is 2.83. The second-order valence-corrected chi connectivity index (χ2v) is 9.17. The van der Waals surface area contributed by atoms with Gasteiger partial charge in [0.15, 0.2) is 5.65 Å². The maximum absolute atomic E-state index is 12.6. The number of pyridine rings is 1. The Morgan fingerprint density at radius 1 is 1.23 bits per heavy atom. The van der Waals surface area contributed by atoms with Crippen LogP contribution in [0.2, 0.25) is 0 Å². The highest BCUT2D eigenvalue weighted by Gasteiger charge is 2.28. The third kappa shape index (κ3) is 3.65. The van der Waals surface area contributed by atoms with Crippen molar-refractivity contribution in [2.45, 2.75) is 50.7 Å². The van der Waals surface area contributed by atoms with Gasteiger partial charge >= 0.3 is 11.7 Å². The van der Waals surface area contributed by atoms with Crippen LogP contribution in [0.25, 0.3) is 5.65 Å². The average molecular weight is 382 g/mol. The van der Waals surface area contributed by atoms with Gasteiger partial charge in [0, 0.05) is 19.3 Å². The maximum atomic E-state index is 12.6. The van der Waals surface area contributed by atoms with E-state index in [1.165, 1.54) is 22.6 Å². The molecule has 2 aromatic heterocycles. The van der Waals surface area contributed by atoms with Crippen molar-refractivity contribution in [3.8, 4) is 0 Å². The van der Waals surface area contributed by atoms with Crippen molar-refractivity contribution in [1.29, 1.82) is 0 Å². The van der Waals surface area contributed by atoms with Crippen LogP contribution in [0.4, 0.5) is 0 Å². The number of esters is 1. The molecule has 0 amide bonds. The molecule has 3 heterocycles. The van der Waals surface area contributed by atoms with E-state index in [0.717, 1.165) is 21.9 Å². The summed E-state index contributed by atoms with van der Waals surface area (Å²) < 4.78 is 34.0. The summed E-state index contributed by atoms with van der Waals surface area (Å²) >= 11 is 0. The molecule has 0 spiro atoms. The molecule has 1 aliphatic rings. The van der Waals surface area contributed by atoms with E-state index in [4.69, 9.17) is 4.74 Å². The Balaban J connectivity index is 1.92. The third-order valence-electron chi connectivity index (χ3n) is 3.95. The van der Waals surface area contributed by atoms with Crippen LogP contribution in [0.3, 0.4) is 0 Å². The van der Waals surface area contributed by atoms with Gasteiger partial charge in [-0.25, -0.2) is 22.3 Å². The van der Waals surface area contributed by atoms with E-state index in [1.54, 1.807) is 20.8 Å². The van der Waals surface area contributed by atoms with E-state index in [2.05, 4.69) is 5.10 Å². The van der Waals surface area contributed by atoms with Gasteiger partial charge in [-0.3, -0.25) is 4.79 Å². The van der Waals surface area contributed by atoms with Crippen molar-refractivity contribution in [1.82, 2.24) is 18.5 Å². The normalized spacial score (nSPS) is 16.3. The molecule has 1 saturated heterocycles. The van der Waals surface area contributed by atoms with Gasteiger partial charge in [0.25, 0.3) is 0 Å². The Morgan fingerprint density at radius 3 is 2.50 bits per heavy atom. The summed E-state index contributed by atoms with van der Waals surface area (Å²) in [6, 6.07) is 2.88. The highest BCUT2D eigenvalue weighted by Crippen LogP contribution is 2.20. The molecule has 1 fully saturated rings. The number of carbonyl (C=O) groups is 1. The summed E-state index contributed by atoms with van der Waals surface area (Å²) in [6.07, 6.45) is 2.91. The van der Waals surface area contributed by atoms with Crippen LogP contribution in [-0.2, 0) is 26.1 Å². The van der Waals surface area contributed by atoms with Crippen LogP contribution in [0.5, 0.6) is 0 Å². The summed E-state index contributed by atoms with van der Waals surface area (Å²) in [5, 5.41) is 4.06. The molecule has 0 N–H and O–H groups in total. The van der Waals surface area contributed by atoms with Crippen molar-refractivity contribution in [3.63, 3.8) is 0 Å². The number of aromatic nitrogens is 3. The van der Waals surface area contributed by atoms with Gasteiger partial charge in [-0.15, -0.1) is 5.10 Å². The minimum Gasteiger partial charge on any atom is -0.459 e. The first-order valence-corrected chi connectivity index (χ1v) is 9.83. The predicted octanol–water partition coefficient (Wildman–Crippen LogP) is 0.622. The molecule has 3 rings (SSSR count). The number of ether oxygens (including phenoxy) is 1. The first-order valence-electron chi connectivity index (χ1n) is 8.39. The molecule has 2 aromatic rings. The molecular weight excluding hydrogens is 360 g/mol. The van der Waals surface area contributed by atoms with Crippen LogP contribution >= 0.6 is 0 Å². The average Bonchev–Trinajstić information content (AvgIpc) is 3.15. The third-order valence-corrected chi connectivity index (χ3v) is 5.83. The summed E-state index contributed by atoms with van der Waals surface area (Å²) in [5.74, 6) is -0.590. The number of fused-ring (bicyclic) bond motifs is 1. The number of rotatable bonds is 4. The number of hydrogen-bond donors (Lipinski definition) is 0. The first-order chi connectivity index (χ1) is 12.1. The maximum Gasteiger partial charge on any atom is 0.350 e. The standard InChI is InChI=1S/C16H22N4O5S/c1-16(2,3)25-14(21)11-20-15(22)19-10-12(6-7-13(19)17-20)26(23,24)18-8-4-5-9-18/h6-7,10H,4-5,8-9,11H2,1-3H3. The molecule has 0 atom stereocenters. The minimum atomic E-state index is -3.64. The van der Waals surface area contributed by atoms with E-state index < -0.39 is 27.3 Å². The zero-order chi connectivity index (χ0) is 19.1. The molecule has 0 unspecified atom stereocenters. The van der Waals surface area contributed by atoms with Crippen LogP contribution in [-0.4, -0.2) is 51.6 Å².